The van der Waals surface area contributed by atoms with Crippen molar-refractivity contribution < 1.29 is 0 Å². The van der Waals surface area contributed by atoms with Crippen LogP contribution < -0.4 is 5.32 Å². The van der Waals surface area contributed by atoms with Crippen LogP contribution in [0.5, 0.6) is 0 Å². The first-order chi connectivity index (χ1) is 5.82. The minimum Gasteiger partial charge on any atom is -0.292 e. The van der Waals surface area contributed by atoms with Gasteiger partial charge in [0, 0.05) is 0 Å². The van der Waals surface area contributed by atoms with Gasteiger partial charge >= 0.3 is 0 Å². The highest BCUT2D eigenvalue weighted by atomic mass is 35.6. The molecule has 1 aliphatic heterocycles. The van der Waals surface area contributed by atoms with E-state index < -0.39 is 15.3 Å². The van der Waals surface area contributed by atoms with Gasteiger partial charge in [-0.25, -0.2) is 0 Å². The fraction of sp³-hybridized carbons (Fsp3) is 1.00. The normalized spacial score (nSPS) is 42.0. The molecule has 0 aliphatic carbocycles. The number of hydrogen-bond acceptors (Lipinski definition) is 1. The van der Waals surface area contributed by atoms with E-state index in [1.54, 1.807) is 0 Å². The average molecular weight is 306 g/mol. The van der Waals surface area contributed by atoms with Gasteiger partial charge < -0.3 is 0 Å². The van der Waals surface area contributed by atoms with Crippen LogP contribution in [0.1, 0.15) is 6.42 Å². The van der Waals surface area contributed by atoms with E-state index in [-0.39, 0.29) is 10.8 Å². The number of alkyl halides is 6. The number of hydrogen-bond donors (Lipinski definition) is 1. The van der Waals surface area contributed by atoms with Gasteiger partial charge in [-0.15, -0.1) is 34.8 Å². The Morgan fingerprint density at radius 3 is 2.00 bits per heavy atom. The lowest BCUT2D eigenvalue weighted by molar-refractivity contribution is 0.391. The van der Waals surface area contributed by atoms with Gasteiger partial charge in [0.25, 0.3) is 0 Å². The Morgan fingerprint density at radius 2 is 1.54 bits per heavy atom. The highest BCUT2D eigenvalue weighted by molar-refractivity contribution is 6.68. The van der Waals surface area contributed by atoms with Crippen LogP contribution in [-0.2, 0) is 0 Å². The molecule has 1 fully saturated rings. The smallest absolute Gasteiger partial charge is 0.207 e. The van der Waals surface area contributed by atoms with Crippen LogP contribution in [0.15, 0.2) is 0 Å². The van der Waals surface area contributed by atoms with Crippen LogP contribution in [0.4, 0.5) is 0 Å². The summed E-state index contributed by atoms with van der Waals surface area (Å²) in [4.78, 5) is 0. The third-order valence-electron chi connectivity index (χ3n) is 1.82. The van der Waals surface area contributed by atoms with Crippen LogP contribution >= 0.6 is 69.6 Å². The van der Waals surface area contributed by atoms with Crippen molar-refractivity contribution >= 4 is 69.6 Å². The Labute approximate surface area is 107 Å². The number of halogens is 6. The SMILES string of the molecule is ClC1CC(Cl)C(C(Cl)(Cl)Cl)NC1Cl. The Balaban J connectivity index is 2.67. The van der Waals surface area contributed by atoms with Gasteiger partial charge in [-0.3, -0.25) is 5.32 Å². The summed E-state index contributed by atoms with van der Waals surface area (Å²) in [7, 11) is 0. The van der Waals surface area contributed by atoms with Crippen molar-refractivity contribution in [3.05, 3.63) is 0 Å². The van der Waals surface area contributed by atoms with Crippen molar-refractivity contribution in [2.45, 2.75) is 32.5 Å². The summed E-state index contributed by atoms with van der Waals surface area (Å²) in [5, 5.41) is 2.29. The van der Waals surface area contributed by atoms with E-state index >= 15 is 0 Å². The molecule has 13 heavy (non-hydrogen) atoms. The van der Waals surface area contributed by atoms with Crippen molar-refractivity contribution in [2.75, 3.05) is 0 Å². The highest BCUT2D eigenvalue weighted by Crippen LogP contribution is 2.38. The van der Waals surface area contributed by atoms with E-state index in [9.17, 15) is 0 Å². The minimum absolute atomic E-state index is 0.243. The number of piperidine rings is 1. The zero-order chi connectivity index (χ0) is 10.2. The molecule has 1 aliphatic rings. The summed E-state index contributed by atoms with van der Waals surface area (Å²) < 4.78 is -1.46. The van der Waals surface area contributed by atoms with Crippen LogP contribution in [0, 0.1) is 0 Å². The molecule has 0 aromatic carbocycles. The molecule has 4 unspecified atom stereocenters. The molecule has 1 saturated heterocycles. The van der Waals surface area contributed by atoms with Gasteiger partial charge in [-0.2, -0.15) is 0 Å². The molecule has 78 valence electrons. The standard InChI is InChI=1S/C6H7Cl6N/c7-2-1-3(8)5(9)13-4(2)6(10,11)12/h2-5,13H,1H2. The van der Waals surface area contributed by atoms with Crippen molar-refractivity contribution in [1.82, 2.24) is 5.32 Å². The zero-order valence-electron chi connectivity index (χ0n) is 6.28. The second-order valence-corrected chi connectivity index (χ2v) is 6.82. The van der Waals surface area contributed by atoms with Crippen molar-refractivity contribution in [2.24, 2.45) is 0 Å². The molecule has 0 aromatic heterocycles. The Bertz CT molecular complexity index is 180. The summed E-state index contributed by atoms with van der Waals surface area (Å²) in [6.07, 6.45) is 0.517. The molecule has 0 saturated carbocycles. The first kappa shape index (κ1) is 12.8. The lowest BCUT2D eigenvalue weighted by Crippen LogP contribution is -2.57. The van der Waals surface area contributed by atoms with Crippen LogP contribution in [0.3, 0.4) is 0 Å². The topological polar surface area (TPSA) is 12.0 Å². The predicted molar refractivity (Wildman–Crippen MR) is 60.8 cm³/mol. The molecule has 7 heteroatoms. The molecule has 1 heterocycles. The third-order valence-corrected chi connectivity index (χ3v) is 3.95. The molecule has 1 N–H and O–H groups in total. The molecule has 0 aromatic rings. The maximum Gasteiger partial charge on any atom is 0.207 e. The third kappa shape index (κ3) is 3.34. The Hall–Kier alpha value is 1.70. The maximum absolute atomic E-state index is 5.97. The van der Waals surface area contributed by atoms with E-state index in [1.165, 1.54) is 0 Å². The fourth-order valence-corrected chi connectivity index (χ4v) is 3.04. The molecule has 0 radical (unpaired) electrons. The van der Waals surface area contributed by atoms with Gasteiger partial charge in [-0.05, 0) is 6.42 Å². The Kier molecular flexibility index (Phi) is 4.61. The van der Waals surface area contributed by atoms with E-state index in [0.717, 1.165) is 0 Å². The van der Waals surface area contributed by atoms with Gasteiger partial charge in [0.15, 0.2) is 0 Å². The van der Waals surface area contributed by atoms with E-state index in [4.69, 9.17) is 69.6 Å². The predicted octanol–water partition coefficient (Wildman–Crippen LogP) is 3.50. The summed E-state index contributed by atoms with van der Waals surface area (Å²) >= 11 is 34.8. The van der Waals surface area contributed by atoms with Gasteiger partial charge in [0.05, 0.1) is 22.3 Å². The summed E-state index contributed by atoms with van der Waals surface area (Å²) in [5.74, 6) is 0. The van der Waals surface area contributed by atoms with Crippen LogP contribution in [0.25, 0.3) is 0 Å². The number of nitrogens with one attached hydrogen (secondary N) is 1. The van der Waals surface area contributed by atoms with Gasteiger partial charge in [-0.1, -0.05) is 34.8 Å². The molecular weight excluding hydrogens is 299 g/mol. The van der Waals surface area contributed by atoms with Gasteiger partial charge in [0.2, 0.25) is 3.79 Å². The number of rotatable bonds is 0. The maximum atomic E-state index is 5.97. The van der Waals surface area contributed by atoms with Crippen molar-refractivity contribution in [1.29, 1.82) is 0 Å². The highest BCUT2D eigenvalue weighted by Gasteiger charge is 2.44. The average Bonchev–Trinajstić information content (AvgIpc) is 1.94. The monoisotopic (exact) mass is 303 g/mol. The zero-order valence-corrected chi connectivity index (χ0v) is 10.8. The van der Waals surface area contributed by atoms with E-state index in [1.807, 2.05) is 0 Å². The van der Waals surface area contributed by atoms with Crippen molar-refractivity contribution in [3.8, 4) is 0 Å². The Morgan fingerprint density at radius 1 is 1.00 bits per heavy atom. The van der Waals surface area contributed by atoms with Crippen molar-refractivity contribution in [3.63, 3.8) is 0 Å². The van der Waals surface area contributed by atoms with Crippen LogP contribution in [-0.4, -0.2) is 26.1 Å². The summed E-state index contributed by atoms with van der Waals surface area (Å²) in [6.45, 7) is 0. The first-order valence-electron chi connectivity index (χ1n) is 3.57. The fourth-order valence-electron chi connectivity index (χ4n) is 1.15. The summed E-state index contributed by atoms with van der Waals surface area (Å²) in [5.41, 5.74) is -0.419. The van der Waals surface area contributed by atoms with Crippen LogP contribution in [0.2, 0.25) is 0 Å². The molecular formula is C6H7Cl6N. The lowest BCUT2D eigenvalue weighted by Gasteiger charge is -2.38. The second-order valence-electron chi connectivity index (χ2n) is 2.86. The molecule has 1 rings (SSSR count). The molecule has 0 amide bonds. The molecule has 1 nitrogen and oxygen atoms in total. The van der Waals surface area contributed by atoms with E-state index in [0.29, 0.717) is 6.42 Å². The molecule has 0 bridgehead atoms. The largest absolute Gasteiger partial charge is 0.292 e. The summed E-state index contributed by atoms with van der Waals surface area (Å²) in [6, 6.07) is -0.475. The molecule has 4 atom stereocenters. The quantitative estimate of drug-likeness (QED) is 0.533. The first-order valence-corrected chi connectivity index (χ1v) is 6.01. The minimum atomic E-state index is -1.46. The second kappa shape index (κ2) is 4.69. The van der Waals surface area contributed by atoms with Gasteiger partial charge in [0.1, 0.15) is 0 Å². The molecule has 0 spiro atoms. The van der Waals surface area contributed by atoms with E-state index in [2.05, 4.69) is 5.32 Å². The lowest BCUT2D eigenvalue weighted by atomic mass is 10.1.